The van der Waals surface area contributed by atoms with E-state index in [1.165, 1.54) is 26.1 Å². The zero-order chi connectivity index (χ0) is 20.1. The first-order valence-corrected chi connectivity index (χ1v) is 9.72. The molecule has 3 aliphatic rings. The van der Waals surface area contributed by atoms with Gasteiger partial charge < -0.3 is 19.8 Å². The number of fused-ring (bicyclic) bond motifs is 1. The number of nitrogens with zero attached hydrogens (tertiary/aromatic N) is 4. The summed E-state index contributed by atoms with van der Waals surface area (Å²) in [5, 5.41) is 17.5. The Balaban J connectivity index is 0.000000706. The van der Waals surface area contributed by atoms with E-state index in [0.29, 0.717) is 17.9 Å². The lowest BCUT2D eigenvalue weighted by atomic mass is 9.77. The predicted molar refractivity (Wildman–Crippen MR) is 101 cm³/mol. The van der Waals surface area contributed by atoms with Gasteiger partial charge in [-0.3, -0.25) is 9.69 Å². The van der Waals surface area contributed by atoms with E-state index in [1.54, 1.807) is 6.20 Å². The molecule has 3 heterocycles. The van der Waals surface area contributed by atoms with Crippen molar-refractivity contribution in [2.24, 2.45) is 11.8 Å². The van der Waals surface area contributed by atoms with Gasteiger partial charge in [0, 0.05) is 19.1 Å². The summed E-state index contributed by atoms with van der Waals surface area (Å²) in [6.07, 6.45) is 7.36. The highest BCUT2D eigenvalue weighted by Crippen LogP contribution is 2.40. The standard InChI is InChI=1S/C18H26N4O3.CH2O2/c1-25-18(24)14-8-20-17(9-19-14)22-10-12-6-15(21-4-2-3-5-21)16(23)7-13(12)11-22;2-1-3/h8-9,12-13,15-16,23H,2-7,10-11H2,1H3;1H,(H,2,3)/t12-,13+,15-,16-;/m1./s1. The van der Waals surface area contributed by atoms with Crippen LogP contribution in [-0.2, 0) is 9.53 Å². The Labute approximate surface area is 164 Å². The number of aromatic nitrogens is 2. The van der Waals surface area contributed by atoms with Crippen LogP contribution in [0.1, 0.15) is 36.2 Å². The number of aliphatic hydroxyl groups is 1. The van der Waals surface area contributed by atoms with E-state index in [4.69, 9.17) is 9.90 Å². The van der Waals surface area contributed by atoms with Gasteiger partial charge in [0.15, 0.2) is 5.69 Å². The van der Waals surface area contributed by atoms with Crippen molar-refractivity contribution in [1.82, 2.24) is 14.9 Å². The van der Waals surface area contributed by atoms with Gasteiger partial charge in [0.25, 0.3) is 6.47 Å². The molecule has 2 N–H and O–H groups in total. The first-order valence-electron chi connectivity index (χ1n) is 9.72. The van der Waals surface area contributed by atoms with Crippen molar-refractivity contribution in [3.8, 4) is 0 Å². The molecule has 2 saturated heterocycles. The molecule has 0 amide bonds. The fraction of sp³-hybridized carbons (Fsp3) is 0.684. The summed E-state index contributed by atoms with van der Waals surface area (Å²) in [6, 6.07) is 0.316. The molecule has 1 saturated carbocycles. The van der Waals surface area contributed by atoms with Crippen LogP contribution in [0.2, 0.25) is 0 Å². The second-order valence-corrected chi connectivity index (χ2v) is 7.63. The van der Waals surface area contributed by atoms with Crippen LogP contribution in [0.3, 0.4) is 0 Å². The molecule has 4 rings (SSSR count). The molecule has 154 valence electrons. The molecule has 0 unspecified atom stereocenters. The minimum Gasteiger partial charge on any atom is -0.483 e. The molecule has 0 radical (unpaired) electrons. The minimum atomic E-state index is -0.467. The Morgan fingerprint density at radius 1 is 1.18 bits per heavy atom. The van der Waals surface area contributed by atoms with Gasteiger partial charge in [-0.15, -0.1) is 0 Å². The molecule has 9 nitrogen and oxygen atoms in total. The maximum Gasteiger partial charge on any atom is 0.358 e. The summed E-state index contributed by atoms with van der Waals surface area (Å²) >= 11 is 0. The predicted octanol–water partition coefficient (Wildman–Crippen LogP) is 0.636. The quantitative estimate of drug-likeness (QED) is 0.564. The number of hydrogen-bond acceptors (Lipinski definition) is 8. The first-order chi connectivity index (χ1) is 13.6. The third kappa shape index (κ3) is 4.41. The van der Waals surface area contributed by atoms with Crippen LogP contribution >= 0.6 is 0 Å². The molecule has 1 aromatic rings. The fourth-order valence-corrected chi connectivity index (χ4v) is 4.75. The van der Waals surface area contributed by atoms with E-state index in [9.17, 15) is 9.90 Å². The molecule has 3 fully saturated rings. The Hall–Kier alpha value is -2.26. The number of carbonyl (C=O) groups excluding carboxylic acids is 1. The van der Waals surface area contributed by atoms with Crippen molar-refractivity contribution < 1.29 is 24.5 Å². The molecular formula is C19H28N4O5. The van der Waals surface area contributed by atoms with Crippen LogP contribution in [0, 0.1) is 11.8 Å². The Bertz CT molecular complexity index is 665. The molecule has 1 aromatic heterocycles. The first kappa shape index (κ1) is 20.5. The van der Waals surface area contributed by atoms with Crippen molar-refractivity contribution >= 4 is 18.3 Å². The van der Waals surface area contributed by atoms with E-state index in [0.717, 1.165) is 44.8 Å². The van der Waals surface area contributed by atoms with Crippen LogP contribution in [0.4, 0.5) is 5.82 Å². The summed E-state index contributed by atoms with van der Waals surface area (Å²) < 4.78 is 4.66. The van der Waals surface area contributed by atoms with Crippen molar-refractivity contribution in [2.45, 2.75) is 37.8 Å². The highest BCUT2D eigenvalue weighted by molar-refractivity contribution is 5.86. The monoisotopic (exact) mass is 392 g/mol. The van der Waals surface area contributed by atoms with E-state index in [2.05, 4.69) is 24.5 Å². The van der Waals surface area contributed by atoms with Crippen molar-refractivity contribution in [1.29, 1.82) is 0 Å². The number of hydrogen-bond donors (Lipinski definition) is 2. The number of aliphatic hydroxyl groups excluding tert-OH is 1. The van der Waals surface area contributed by atoms with Crippen LogP contribution in [-0.4, -0.2) is 83.0 Å². The lowest BCUT2D eigenvalue weighted by molar-refractivity contribution is -0.122. The summed E-state index contributed by atoms with van der Waals surface area (Å²) in [7, 11) is 1.34. The average Bonchev–Trinajstić information content (AvgIpc) is 3.37. The van der Waals surface area contributed by atoms with Gasteiger partial charge in [-0.2, -0.15) is 0 Å². The van der Waals surface area contributed by atoms with Gasteiger partial charge in [0.1, 0.15) is 5.82 Å². The van der Waals surface area contributed by atoms with Crippen molar-refractivity contribution in [3.05, 3.63) is 18.1 Å². The van der Waals surface area contributed by atoms with Crippen LogP contribution in [0.5, 0.6) is 0 Å². The van der Waals surface area contributed by atoms with E-state index in [1.807, 2.05) is 0 Å². The second-order valence-electron chi connectivity index (χ2n) is 7.63. The van der Waals surface area contributed by atoms with Crippen LogP contribution in [0.15, 0.2) is 12.4 Å². The molecule has 28 heavy (non-hydrogen) atoms. The lowest BCUT2D eigenvalue weighted by Gasteiger charge is -2.40. The zero-order valence-corrected chi connectivity index (χ0v) is 16.1. The van der Waals surface area contributed by atoms with Gasteiger partial charge in [0.05, 0.1) is 25.6 Å². The molecular weight excluding hydrogens is 364 g/mol. The van der Waals surface area contributed by atoms with E-state index < -0.39 is 5.97 Å². The van der Waals surface area contributed by atoms with Gasteiger partial charge >= 0.3 is 5.97 Å². The third-order valence-electron chi connectivity index (χ3n) is 6.08. The average molecular weight is 392 g/mol. The Kier molecular flexibility index (Phi) is 6.79. The van der Waals surface area contributed by atoms with E-state index >= 15 is 0 Å². The van der Waals surface area contributed by atoms with E-state index in [-0.39, 0.29) is 18.3 Å². The molecule has 0 bridgehead atoms. The number of esters is 1. The third-order valence-corrected chi connectivity index (χ3v) is 6.08. The van der Waals surface area contributed by atoms with Gasteiger partial charge in [-0.25, -0.2) is 14.8 Å². The summed E-state index contributed by atoms with van der Waals surface area (Å²) in [4.78, 5) is 33.1. The van der Waals surface area contributed by atoms with Crippen molar-refractivity contribution in [2.75, 3.05) is 38.2 Å². The fourth-order valence-electron chi connectivity index (χ4n) is 4.75. The van der Waals surface area contributed by atoms with Crippen LogP contribution < -0.4 is 4.90 Å². The molecule has 0 aromatic carbocycles. The van der Waals surface area contributed by atoms with Gasteiger partial charge in [-0.1, -0.05) is 0 Å². The number of methoxy groups -OCH3 is 1. The number of ether oxygens (including phenoxy) is 1. The maximum absolute atomic E-state index is 11.5. The lowest BCUT2D eigenvalue weighted by Crippen LogP contribution is -2.48. The smallest absolute Gasteiger partial charge is 0.358 e. The van der Waals surface area contributed by atoms with Gasteiger partial charge in [-0.05, 0) is 50.6 Å². The number of carboxylic acid groups (broad SMARTS) is 1. The number of rotatable bonds is 3. The Morgan fingerprint density at radius 2 is 1.82 bits per heavy atom. The van der Waals surface area contributed by atoms with Crippen molar-refractivity contribution in [3.63, 3.8) is 0 Å². The molecule has 2 aliphatic heterocycles. The summed E-state index contributed by atoms with van der Waals surface area (Å²) in [5.74, 6) is 1.44. The molecule has 9 heteroatoms. The normalized spacial score (nSPS) is 29.6. The number of carbonyl (C=O) groups is 2. The summed E-state index contributed by atoms with van der Waals surface area (Å²) in [6.45, 7) is 3.86. The number of likely N-dealkylation sites (tertiary alicyclic amines) is 1. The topological polar surface area (TPSA) is 116 Å². The highest BCUT2D eigenvalue weighted by Gasteiger charge is 2.44. The maximum atomic E-state index is 11.5. The largest absolute Gasteiger partial charge is 0.483 e. The zero-order valence-electron chi connectivity index (χ0n) is 16.1. The highest BCUT2D eigenvalue weighted by atomic mass is 16.5. The SMILES string of the molecule is COC(=O)c1cnc(N2C[C@H]3C[C@@H](N4CCCC4)[C@H](O)C[C@H]3C2)cn1.O=CO. The molecule has 0 spiro atoms. The molecule has 1 aliphatic carbocycles. The number of anilines is 1. The second kappa shape index (κ2) is 9.29. The minimum absolute atomic E-state index is 0.216. The summed E-state index contributed by atoms with van der Waals surface area (Å²) in [5.41, 5.74) is 0.229. The van der Waals surface area contributed by atoms with Gasteiger partial charge in [0.2, 0.25) is 0 Å². The molecule has 4 atom stereocenters. The van der Waals surface area contributed by atoms with Crippen LogP contribution in [0.25, 0.3) is 0 Å². The Morgan fingerprint density at radius 3 is 2.39 bits per heavy atom.